The lowest BCUT2D eigenvalue weighted by Crippen LogP contribution is -2.21. The van der Waals surface area contributed by atoms with Gasteiger partial charge in [0.1, 0.15) is 5.75 Å². The molecule has 0 unspecified atom stereocenters. The standard InChI is InChI=1S/C23H26N2O3/c1-4-27-21-13-17-15-24-23(16-8-10-18(26-3)11-9-16)19-7-6-12-25(19)20(17)14-22(21)28-5-2/h6-14,23-24H,4-5,15H2,1-3H3/t23-/m0/s1. The minimum absolute atomic E-state index is 0.0828. The molecule has 1 aliphatic heterocycles. The highest BCUT2D eigenvalue weighted by atomic mass is 16.5. The molecule has 5 nitrogen and oxygen atoms in total. The molecule has 1 N–H and O–H groups in total. The summed E-state index contributed by atoms with van der Waals surface area (Å²) >= 11 is 0. The Bertz CT molecular complexity index is 947. The van der Waals surface area contributed by atoms with E-state index < -0.39 is 0 Å². The van der Waals surface area contributed by atoms with Crippen LogP contribution in [0.1, 0.15) is 36.7 Å². The number of hydrogen-bond donors (Lipinski definition) is 1. The van der Waals surface area contributed by atoms with E-state index in [1.54, 1.807) is 7.11 Å². The van der Waals surface area contributed by atoms with Crippen molar-refractivity contribution in [2.45, 2.75) is 26.4 Å². The zero-order valence-electron chi connectivity index (χ0n) is 16.6. The first kappa shape index (κ1) is 18.4. The van der Waals surface area contributed by atoms with Gasteiger partial charge in [-0.05, 0) is 55.3 Å². The van der Waals surface area contributed by atoms with Crippen LogP contribution < -0.4 is 19.5 Å². The van der Waals surface area contributed by atoms with Gasteiger partial charge in [-0.3, -0.25) is 0 Å². The SMILES string of the molecule is CCOc1cc2c(cc1OCC)-n1cccc1[C@H](c1ccc(OC)cc1)NC2. The zero-order chi connectivity index (χ0) is 19.5. The molecular formula is C23H26N2O3. The maximum absolute atomic E-state index is 5.85. The van der Waals surface area contributed by atoms with Crippen LogP contribution in [0.15, 0.2) is 54.7 Å². The molecule has 3 aromatic rings. The van der Waals surface area contributed by atoms with Crippen molar-refractivity contribution in [3.8, 4) is 22.9 Å². The molecule has 1 aromatic heterocycles. The predicted molar refractivity (Wildman–Crippen MR) is 110 cm³/mol. The van der Waals surface area contributed by atoms with Crippen molar-refractivity contribution in [2.75, 3.05) is 20.3 Å². The van der Waals surface area contributed by atoms with Crippen LogP contribution in [0.25, 0.3) is 5.69 Å². The summed E-state index contributed by atoms with van der Waals surface area (Å²) in [6.07, 6.45) is 2.10. The Hall–Kier alpha value is -2.92. The van der Waals surface area contributed by atoms with E-state index in [1.165, 1.54) is 16.8 Å². The summed E-state index contributed by atoms with van der Waals surface area (Å²) in [4.78, 5) is 0. The predicted octanol–water partition coefficient (Wildman–Crippen LogP) is 4.48. The Morgan fingerprint density at radius 3 is 2.39 bits per heavy atom. The van der Waals surface area contributed by atoms with Crippen LogP contribution in [0.5, 0.6) is 17.2 Å². The number of nitrogens with zero attached hydrogens (tertiary/aromatic N) is 1. The molecule has 1 atom stereocenters. The van der Waals surface area contributed by atoms with Gasteiger partial charge in [-0.25, -0.2) is 0 Å². The number of fused-ring (bicyclic) bond motifs is 3. The molecule has 0 aliphatic carbocycles. The van der Waals surface area contributed by atoms with Crippen LogP contribution in [0.2, 0.25) is 0 Å². The topological polar surface area (TPSA) is 44.7 Å². The average molecular weight is 378 g/mol. The average Bonchev–Trinajstić information content (AvgIpc) is 3.14. The van der Waals surface area contributed by atoms with Gasteiger partial charge >= 0.3 is 0 Å². The number of aromatic nitrogens is 1. The van der Waals surface area contributed by atoms with Crippen LogP contribution in [0.3, 0.4) is 0 Å². The highest BCUT2D eigenvalue weighted by Gasteiger charge is 2.24. The molecule has 0 saturated carbocycles. The van der Waals surface area contributed by atoms with Crippen molar-refractivity contribution in [3.63, 3.8) is 0 Å². The van der Waals surface area contributed by atoms with E-state index in [0.29, 0.717) is 13.2 Å². The maximum Gasteiger partial charge on any atom is 0.163 e. The second-order valence-corrected chi connectivity index (χ2v) is 6.68. The van der Waals surface area contributed by atoms with E-state index in [2.05, 4.69) is 52.5 Å². The zero-order valence-corrected chi connectivity index (χ0v) is 16.6. The Morgan fingerprint density at radius 1 is 1.00 bits per heavy atom. The fourth-order valence-corrected chi connectivity index (χ4v) is 3.74. The van der Waals surface area contributed by atoms with Crippen LogP contribution in [-0.4, -0.2) is 24.9 Å². The lowest BCUT2D eigenvalue weighted by Gasteiger charge is -2.18. The Labute approximate surface area is 165 Å². The minimum Gasteiger partial charge on any atom is -0.497 e. The van der Waals surface area contributed by atoms with Crippen molar-refractivity contribution in [3.05, 3.63) is 71.5 Å². The van der Waals surface area contributed by atoms with Crippen LogP contribution in [0, 0.1) is 0 Å². The fraction of sp³-hybridized carbons (Fsp3) is 0.304. The van der Waals surface area contributed by atoms with Gasteiger partial charge in [0.2, 0.25) is 0 Å². The van der Waals surface area contributed by atoms with Gasteiger partial charge in [-0.2, -0.15) is 0 Å². The van der Waals surface area contributed by atoms with E-state index in [1.807, 2.05) is 26.0 Å². The highest BCUT2D eigenvalue weighted by molar-refractivity contribution is 5.56. The Kier molecular flexibility index (Phi) is 5.26. The van der Waals surface area contributed by atoms with E-state index in [0.717, 1.165) is 29.5 Å². The summed E-state index contributed by atoms with van der Waals surface area (Å²) in [6.45, 7) is 5.92. The molecule has 0 spiro atoms. The van der Waals surface area contributed by atoms with Gasteiger partial charge < -0.3 is 24.1 Å². The van der Waals surface area contributed by atoms with Crippen molar-refractivity contribution < 1.29 is 14.2 Å². The van der Waals surface area contributed by atoms with Crippen molar-refractivity contribution >= 4 is 0 Å². The summed E-state index contributed by atoms with van der Waals surface area (Å²) in [5, 5.41) is 3.70. The normalized spacial score (nSPS) is 15.3. The third-order valence-electron chi connectivity index (χ3n) is 5.03. The molecule has 2 heterocycles. The fourth-order valence-electron chi connectivity index (χ4n) is 3.74. The molecule has 2 aromatic carbocycles. The summed E-state index contributed by atoms with van der Waals surface area (Å²) in [7, 11) is 1.69. The molecule has 0 saturated heterocycles. The third-order valence-corrected chi connectivity index (χ3v) is 5.03. The van der Waals surface area contributed by atoms with E-state index in [4.69, 9.17) is 14.2 Å². The van der Waals surface area contributed by atoms with Crippen molar-refractivity contribution in [1.82, 2.24) is 9.88 Å². The van der Waals surface area contributed by atoms with Crippen LogP contribution in [-0.2, 0) is 6.54 Å². The lowest BCUT2D eigenvalue weighted by atomic mass is 10.0. The molecule has 1 aliphatic rings. The Morgan fingerprint density at radius 2 is 1.71 bits per heavy atom. The van der Waals surface area contributed by atoms with E-state index in [9.17, 15) is 0 Å². The van der Waals surface area contributed by atoms with Crippen molar-refractivity contribution in [1.29, 1.82) is 0 Å². The summed E-state index contributed by atoms with van der Waals surface area (Å²) < 4.78 is 19.2. The lowest BCUT2D eigenvalue weighted by molar-refractivity contribution is 0.287. The number of hydrogen-bond acceptors (Lipinski definition) is 4. The highest BCUT2D eigenvalue weighted by Crippen LogP contribution is 2.37. The molecule has 0 fully saturated rings. The largest absolute Gasteiger partial charge is 0.497 e. The summed E-state index contributed by atoms with van der Waals surface area (Å²) in [5.74, 6) is 2.44. The van der Waals surface area contributed by atoms with Gasteiger partial charge in [0, 0.05) is 24.5 Å². The van der Waals surface area contributed by atoms with Gasteiger partial charge in [-0.1, -0.05) is 12.1 Å². The monoisotopic (exact) mass is 378 g/mol. The van der Waals surface area contributed by atoms with Gasteiger partial charge in [0.25, 0.3) is 0 Å². The van der Waals surface area contributed by atoms with Gasteiger partial charge in [0.15, 0.2) is 11.5 Å². The number of benzene rings is 2. The van der Waals surface area contributed by atoms with Crippen LogP contribution in [0.4, 0.5) is 0 Å². The molecule has 0 amide bonds. The van der Waals surface area contributed by atoms with Gasteiger partial charge in [-0.15, -0.1) is 0 Å². The first-order valence-corrected chi connectivity index (χ1v) is 9.72. The molecule has 4 rings (SSSR count). The van der Waals surface area contributed by atoms with Crippen LogP contribution >= 0.6 is 0 Å². The van der Waals surface area contributed by atoms with E-state index in [-0.39, 0.29) is 6.04 Å². The molecule has 5 heteroatoms. The smallest absolute Gasteiger partial charge is 0.163 e. The first-order valence-electron chi connectivity index (χ1n) is 9.72. The molecule has 146 valence electrons. The quantitative estimate of drug-likeness (QED) is 0.687. The summed E-state index contributed by atoms with van der Waals surface area (Å²) in [6, 6.07) is 16.7. The van der Waals surface area contributed by atoms with Gasteiger partial charge in [0.05, 0.1) is 32.1 Å². The van der Waals surface area contributed by atoms with Crippen molar-refractivity contribution in [2.24, 2.45) is 0 Å². The molecule has 0 bridgehead atoms. The summed E-state index contributed by atoms with van der Waals surface area (Å²) in [5.41, 5.74) is 4.69. The minimum atomic E-state index is 0.0828. The maximum atomic E-state index is 5.85. The Balaban J connectivity index is 1.78. The number of rotatable bonds is 6. The third kappa shape index (κ3) is 3.34. The first-order chi connectivity index (χ1) is 13.7. The molecular weight excluding hydrogens is 352 g/mol. The second kappa shape index (κ2) is 7.98. The molecule has 0 radical (unpaired) electrons. The van der Waals surface area contributed by atoms with E-state index >= 15 is 0 Å². The molecule has 28 heavy (non-hydrogen) atoms. The number of ether oxygens (including phenoxy) is 3. The number of nitrogens with one attached hydrogen (secondary N) is 1. The number of methoxy groups -OCH3 is 1. The second-order valence-electron chi connectivity index (χ2n) is 6.68.